The van der Waals surface area contributed by atoms with Crippen LogP contribution >= 0.6 is 0 Å². The second-order valence-corrected chi connectivity index (χ2v) is 3.88. The van der Waals surface area contributed by atoms with Crippen LogP contribution in [0.3, 0.4) is 0 Å². The van der Waals surface area contributed by atoms with Gasteiger partial charge in [-0.3, -0.25) is 10.1 Å². The fourth-order valence-corrected chi connectivity index (χ4v) is 1.73. The van der Waals surface area contributed by atoms with E-state index in [9.17, 15) is 15.2 Å². The number of hydrogen-bond acceptors (Lipinski definition) is 5. The molecule has 1 heterocycles. The Morgan fingerprint density at radius 1 is 1.37 bits per heavy atom. The molecule has 1 aromatic rings. The average molecular weight is 263 g/mol. The quantitative estimate of drug-likeness (QED) is 0.512. The van der Waals surface area contributed by atoms with E-state index in [4.69, 9.17) is 9.47 Å². The fraction of sp³-hybridized carbons (Fsp3) is 0.231. The Bertz CT molecular complexity index is 550. The first-order chi connectivity index (χ1) is 9.13. The molecule has 100 valence electrons. The molecule has 1 aliphatic rings. The third-order valence-electron chi connectivity index (χ3n) is 2.63. The molecule has 0 saturated heterocycles. The number of ether oxygens (including phenoxy) is 2. The summed E-state index contributed by atoms with van der Waals surface area (Å²) < 4.78 is 10.2. The Balaban J connectivity index is 2.40. The van der Waals surface area contributed by atoms with Gasteiger partial charge in [-0.15, -0.1) is 0 Å². The minimum absolute atomic E-state index is 0.0282. The number of nitro benzene ring substituents is 1. The maximum atomic E-state index is 11.0. The minimum Gasteiger partial charge on any atom is -0.454 e. The first kappa shape index (κ1) is 13.1. The van der Waals surface area contributed by atoms with E-state index in [1.165, 1.54) is 18.2 Å². The Labute approximate surface area is 109 Å². The molecule has 0 aromatic heterocycles. The van der Waals surface area contributed by atoms with Crippen molar-refractivity contribution in [3.05, 3.63) is 52.1 Å². The Hall–Kier alpha value is -2.34. The summed E-state index contributed by atoms with van der Waals surface area (Å²) in [6.45, 7) is 1.86. The fourth-order valence-electron chi connectivity index (χ4n) is 1.73. The van der Waals surface area contributed by atoms with Gasteiger partial charge in [0.2, 0.25) is 6.79 Å². The molecule has 1 aromatic carbocycles. The molecule has 6 nitrogen and oxygen atoms in total. The van der Waals surface area contributed by atoms with E-state index in [1.807, 2.05) is 6.92 Å². The zero-order valence-corrected chi connectivity index (χ0v) is 10.3. The van der Waals surface area contributed by atoms with Gasteiger partial charge in [0.25, 0.3) is 5.69 Å². The number of hydrogen-bond donors (Lipinski definition) is 1. The van der Waals surface area contributed by atoms with Crippen LogP contribution in [0, 0.1) is 10.1 Å². The van der Waals surface area contributed by atoms with E-state index in [-0.39, 0.29) is 18.0 Å². The second-order valence-electron chi connectivity index (χ2n) is 3.88. The van der Waals surface area contributed by atoms with Crippen molar-refractivity contribution < 1.29 is 19.5 Å². The summed E-state index contributed by atoms with van der Waals surface area (Å²) in [5.74, 6) is 0.721. The zero-order chi connectivity index (χ0) is 13.8. The van der Waals surface area contributed by atoms with Gasteiger partial charge in [-0.25, -0.2) is 0 Å². The second kappa shape index (κ2) is 5.53. The molecule has 19 heavy (non-hydrogen) atoms. The Morgan fingerprint density at radius 3 is 2.68 bits per heavy atom. The van der Waals surface area contributed by atoms with Crippen LogP contribution in [0.25, 0.3) is 0 Å². The number of aliphatic hydroxyl groups excluding tert-OH is 1. The van der Waals surface area contributed by atoms with Crippen molar-refractivity contribution in [2.75, 3.05) is 6.79 Å². The van der Waals surface area contributed by atoms with E-state index in [2.05, 4.69) is 0 Å². The largest absolute Gasteiger partial charge is 0.454 e. The molecule has 0 spiro atoms. The average Bonchev–Trinajstić information content (AvgIpc) is 2.84. The van der Waals surface area contributed by atoms with Crippen LogP contribution in [0.5, 0.6) is 11.5 Å². The molecular weight excluding hydrogens is 250 g/mol. The highest BCUT2D eigenvalue weighted by atomic mass is 16.7. The van der Waals surface area contributed by atoms with E-state index in [0.717, 1.165) is 0 Å². The lowest BCUT2D eigenvalue weighted by atomic mass is 10.1. The lowest BCUT2D eigenvalue weighted by molar-refractivity contribution is -0.386. The van der Waals surface area contributed by atoms with E-state index in [1.54, 1.807) is 18.2 Å². The summed E-state index contributed by atoms with van der Waals surface area (Å²) in [6, 6.07) is 2.70. The molecule has 0 saturated carbocycles. The maximum Gasteiger partial charge on any atom is 0.279 e. The number of nitro groups is 1. The maximum absolute atomic E-state index is 11.0. The predicted molar refractivity (Wildman–Crippen MR) is 68.1 cm³/mol. The Morgan fingerprint density at radius 2 is 2.05 bits per heavy atom. The van der Waals surface area contributed by atoms with Crippen LogP contribution in [0.4, 0.5) is 5.69 Å². The highest BCUT2D eigenvalue weighted by molar-refractivity contribution is 5.56. The van der Waals surface area contributed by atoms with Crippen LogP contribution < -0.4 is 9.47 Å². The summed E-state index contributed by atoms with van der Waals surface area (Å²) in [5, 5.41) is 21.0. The third-order valence-corrected chi connectivity index (χ3v) is 2.63. The normalized spacial score (nSPS) is 15.3. The van der Waals surface area contributed by atoms with Crippen molar-refractivity contribution in [2.45, 2.75) is 13.0 Å². The van der Waals surface area contributed by atoms with Gasteiger partial charge < -0.3 is 14.6 Å². The van der Waals surface area contributed by atoms with Crippen LogP contribution in [0.1, 0.15) is 18.6 Å². The van der Waals surface area contributed by atoms with Gasteiger partial charge in [0.1, 0.15) is 6.10 Å². The van der Waals surface area contributed by atoms with Crippen molar-refractivity contribution in [2.24, 2.45) is 0 Å². The summed E-state index contributed by atoms with van der Waals surface area (Å²) in [7, 11) is 0. The molecule has 0 bridgehead atoms. The van der Waals surface area contributed by atoms with Crippen LogP contribution in [-0.4, -0.2) is 16.8 Å². The van der Waals surface area contributed by atoms with Gasteiger partial charge in [0, 0.05) is 0 Å². The van der Waals surface area contributed by atoms with Crippen LogP contribution in [0.2, 0.25) is 0 Å². The lowest BCUT2D eigenvalue weighted by Crippen LogP contribution is -2.00. The number of fused-ring (bicyclic) bond motifs is 1. The lowest BCUT2D eigenvalue weighted by Gasteiger charge is -2.08. The first-order valence-electron chi connectivity index (χ1n) is 5.69. The molecule has 0 amide bonds. The van der Waals surface area contributed by atoms with E-state index in [0.29, 0.717) is 11.5 Å². The van der Waals surface area contributed by atoms with Crippen molar-refractivity contribution >= 4 is 5.69 Å². The molecule has 1 atom stereocenters. The molecule has 0 aliphatic carbocycles. The third kappa shape index (κ3) is 2.74. The molecule has 0 radical (unpaired) electrons. The Kier molecular flexibility index (Phi) is 3.82. The smallest absolute Gasteiger partial charge is 0.279 e. The molecule has 2 rings (SSSR count). The monoisotopic (exact) mass is 263 g/mol. The molecule has 6 heteroatoms. The molecule has 1 unspecified atom stereocenters. The summed E-state index contributed by atoms with van der Waals surface area (Å²) in [6.07, 6.45) is 5.52. The zero-order valence-electron chi connectivity index (χ0n) is 10.3. The number of aliphatic hydroxyl groups is 1. The van der Waals surface area contributed by atoms with Crippen LogP contribution in [-0.2, 0) is 0 Å². The van der Waals surface area contributed by atoms with Gasteiger partial charge in [0.15, 0.2) is 11.5 Å². The van der Waals surface area contributed by atoms with Crippen LogP contribution in [0.15, 0.2) is 36.4 Å². The summed E-state index contributed by atoms with van der Waals surface area (Å²) in [5.41, 5.74) is -0.0168. The number of nitrogens with zero attached hydrogens (tertiary/aromatic N) is 1. The molecule has 0 fully saturated rings. The van der Waals surface area contributed by atoms with Crippen molar-refractivity contribution in [3.63, 3.8) is 0 Å². The van der Waals surface area contributed by atoms with Crippen molar-refractivity contribution in [1.29, 1.82) is 0 Å². The number of allylic oxidation sites excluding steroid dienone is 3. The summed E-state index contributed by atoms with van der Waals surface area (Å²) >= 11 is 0. The van der Waals surface area contributed by atoms with E-state index >= 15 is 0 Å². The highest BCUT2D eigenvalue weighted by Gasteiger charge is 2.26. The van der Waals surface area contributed by atoms with Crippen molar-refractivity contribution in [1.82, 2.24) is 0 Å². The molecule has 1 N–H and O–H groups in total. The number of rotatable bonds is 4. The molecule has 1 aliphatic heterocycles. The predicted octanol–water partition coefficient (Wildman–Crippen LogP) is 2.49. The standard InChI is InChI=1S/C13H13NO5/c1-2-3-4-5-11(15)9-6-12-13(19-8-18-12)7-10(9)14(16)17/h2-7,11,15H,8H2,1H3/b3-2+,5-4+. The van der Waals surface area contributed by atoms with Gasteiger partial charge in [0.05, 0.1) is 16.6 Å². The van der Waals surface area contributed by atoms with Gasteiger partial charge in [-0.1, -0.05) is 24.3 Å². The van der Waals surface area contributed by atoms with Gasteiger partial charge in [-0.2, -0.15) is 0 Å². The summed E-state index contributed by atoms with van der Waals surface area (Å²) in [4.78, 5) is 10.5. The van der Waals surface area contributed by atoms with Gasteiger partial charge >= 0.3 is 0 Å². The first-order valence-corrected chi connectivity index (χ1v) is 5.69. The SMILES string of the molecule is C/C=C/C=C/C(O)c1cc2c(cc1[N+](=O)[O-])OCO2. The minimum atomic E-state index is -1.08. The van der Waals surface area contributed by atoms with Gasteiger partial charge in [-0.05, 0) is 13.0 Å². The van der Waals surface area contributed by atoms with E-state index < -0.39 is 11.0 Å². The molecular formula is C13H13NO5. The highest BCUT2D eigenvalue weighted by Crippen LogP contribution is 2.40. The van der Waals surface area contributed by atoms with Crippen molar-refractivity contribution in [3.8, 4) is 11.5 Å². The topological polar surface area (TPSA) is 81.8 Å². The number of benzene rings is 1.